The van der Waals surface area contributed by atoms with E-state index in [1.165, 1.54) is 19.3 Å². The first-order chi connectivity index (χ1) is 9.86. The molecule has 0 radical (unpaired) electrons. The van der Waals surface area contributed by atoms with Gasteiger partial charge in [0.25, 0.3) is 0 Å². The Bertz CT molecular complexity index is 411. The van der Waals surface area contributed by atoms with E-state index < -0.39 is 0 Å². The van der Waals surface area contributed by atoms with E-state index in [1.54, 1.807) is 0 Å². The topological polar surface area (TPSA) is 63.4 Å². The van der Waals surface area contributed by atoms with Gasteiger partial charge in [-0.1, -0.05) is 5.16 Å². The minimum Gasteiger partial charge on any atom is -0.370 e. The van der Waals surface area contributed by atoms with Crippen LogP contribution in [0.25, 0.3) is 0 Å². The molecule has 1 unspecified atom stereocenters. The molecule has 2 aliphatic rings. The van der Waals surface area contributed by atoms with E-state index in [0.717, 1.165) is 38.5 Å². The number of aromatic nitrogens is 2. The van der Waals surface area contributed by atoms with Gasteiger partial charge in [-0.25, -0.2) is 0 Å². The molecule has 1 aliphatic heterocycles. The van der Waals surface area contributed by atoms with Gasteiger partial charge in [-0.05, 0) is 45.2 Å². The second-order valence-corrected chi connectivity index (χ2v) is 5.64. The number of nitrogens with zero attached hydrogens (tertiary/aromatic N) is 3. The lowest BCUT2D eigenvalue weighted by atomic mass is 10.2. The molecule has 0 spiro atoms. The maximum atomic E-state index is 5.77. The fourth-order valence-electron chi connectivity index (χ4n) is 2.70. The van der Waals surface area contributed by atoms with Crippen LogP contribution in [0.5, 0.6) is 0 Å². The summed E-state index contributed by atoms with van der Waals surface area (Å²) in [4.78, 5) is 6.92. The van der Waals surface area contributed by atoms with Gasteiger partial charge in [-0.3, -0.25) is 4.90 Å². The van der Waals surface area contributed by atoms with Gasteiger partial charge in [-0.15, -0.1) is 0 Å². The predicted molar refractivity (Wildman–Crippen MR) is 74.2 cm³/mol. The van der Waals surface area contributed by atoms with Crippen molar-refractivity contribution in [2.45, 2.75) is 38.8 Å². The van der Waals surface area contributed by atoms with Gasteiger partial charge < -0.3 is 14.6 Å². The highest BCUT2D eigenvalue weighted by atomic mass is 16.5. The predicted octanol–water partition coefficient (Wildman–Crippen LogP) is 1.35. The molecule has 1 N–H and O–H groups in total. The van der Waals surface area contributed by atoms with Crippen LogP contribution in [-0.4, -0.2) is 47.8 Å². The van der Waals surface area contributed by atoms with Gasteiger partial charge in [0, 0.05) is 19.7 Å². The zero-order valence-corrected chi connectivity index (χ0v) is 12.2. The summed E-state index contributed by atoms with van der Waals surface area (Å²) in [6.45, 7) is 7.71. The van der Waals surface area contributed by atoms with Crippen molar-refractivity contribution >= 4 is 0 Å². The molecule has 1 saturated heterocycles. The third-order valence-electron chi connectivity index (χ3n) is 3.93. The molecule has 112 valence electrons. The zero-order chi connectivity index (χ0) is 13.8. The van der Waals surface area contributed by atoms with Gasteiger partial charge in [0.2, 0.25) is 11.7 Å². The second-order valence-electron chi connectivity index (χ2n) is 5.64. The van der Waals surface area contributed by atoms with E-state index in [2.05, 4.69) is 20.4 Å². The summed E-state index contributed by atoms with van der Waals surface area (Å²) in [5.74, 6) is 2.03. The minimum absolute atomic E-state index is 0.0308. The number of hydrogen-bond acceptors (Lipinski definition) is 6. The summed E-state index contributed by atoms with van der Waals surface area (Å²) in [7, 11) is 0. The van der Waals surface area contributed by atoms with Crippen LogP contribution in [0.4, 0.5) is 0 Å². The molecule has 1 aliphatic carbocycles. The standard InChI is InChI=1S/C14H24N4O2/c1-2-19-13(11-4-5-11)14-16-12(20-17-14)10-18-8-3-6-15-7-9-18/h11,13,15H,2-10H2,1H3. The van der Waals surface area contributed by atoms with Crippen LogP contribution in [0.2, 0.25) is 0 Å². The first-order valence-corrected chi connectivity index (χ1v) is 7.74. The Balaban J connectivity index is 1.60. The van der Waals surface area contributed by atoms with Crippen molar-refractivity contribution in [1.29, 1.82) is 0 Å². The highest BCUT2D eigenvalue weighted by Gasteiger charge is 2.36. The Morgan fingerprint density at radius 3 is 3.10 bits per heavy atom. The number of rotatable bonds is 6. The largest absolute Gasteiger partial charge is 0.370 e. The molecular formula is C14H24N4O2. The average molecular weight is 280 g/mol. The molecule has 0 aromatic carbocycles. The molecule has 1 atom stereocenters. The lowest BCUT2D eigenvalue weighted by Crippen LogP contribution is -2.27. The van der Waals surface area contributed by atoms with Crippen molar-refractivity contribution in [3.8, 4) is 0 Å². The quantitative estimate of drug-likeness (QED) is 0.848. The van der Waals surface area contributed by atoms with Gasteiger partial charge in [-0.2, -0.15) is 4.98 Å². The first-order valence-electron chi connectivity index (χ1n) is 7.74. The molecule has 6 heteroatoms. The minimum atomic E-state index is 0.0308. The van der Waals surface area contributed by atoms with Crippen LogP contribution in [0, 0.1) is 5.92 Å². The lowest BCUT2D eigenvalue weighted by Gasteiger charge is -2.16. The van der Waals surface area contributed by atoms with Crippen LogP contribution in [0.1, 0.15) is 44.0 Å². The zero-order valence-electron chi connectivity index (χ0n) is 12.2. The smallest absolute Gasteiger partial charge is 0.240 e. The fourth-order valence-corrected chi connectivity index (χ4v) is 2.70. The molecule has 1 aromatic rings. The lowest BCUT2D eigenvalue weighted by molar-refractivity contribution is 0.0384. The van der Waals surface area contributed by atoms with Crippen LogP contribution in [0.15, 0.2) is 4.52 Å². The van der Waals surface area contributed by atoms with E-state index in [0.29, 0.717) is 18.4 Å². The number of nitrogens with one attached hydrogen (secondary N) is 1. The molecule has 1 saturated carbocycles. The first kappa shape index (κ1) is 14.0. The Morgan fingerprint density at radius 2 is 2.30 bits per heavy atom. The molecule has 2 heterocycles. The van der Waals surface area contributed by atoms with E-state index in [-0.39, 0.29) is 6.10 Å². The molecule has 1 aromatic heterocycles. The van der Waals surface area contributed by atoms with Crippen LogP contribution >= 0.6 is 0 Å². The average Bonchev–Trinajstić information content (AvgIpc) is 3.22. The van der Waals surface area contributed by atoms with E-state index in [9.17, 15) is 0 Å². The van der Waals surface area contributed by atoms with Crippen molar-refractivity contribution in [3.05, 3.63) is 11.7 Å². The summed E-state index contributed by atoms with van der Waals surface area (Å²) in [5.41, 5.74) is 0. The second kappa shape index (κ2) is 6.65. The molecular weight excluding hydrogens is 256 g/mol. The summed E-state index contributed by atoms with van der Waals surface area (Å²) in [5, 5.41) is 7.53. The summed E-state index contributed by atoms with van der Waals surface area (Å²) >= 11 is 0. The van der Waals surface area contributed by atoms with Crippen molar-refractivity contribution in [2.75, 3.05) is 32.8 Å². The van der Waals surface area contributed by atoms with Crippen LogP contribution in [0.3, 0.4) is 0 Å². The fraction of sp³-hybridized carbons (Fsp3) is 0.857. The number of hydrogen-bond donors (Lipinski definition) is 1. The highest BCUT2D eigenvalue weighted by molar-refractivity contribution is 4.98. The van der Waals surface area contributed by atoms with Crippen molar-refractivity contribution in [3.63, 3.8) is 0 Å². The molecule has 6 nitrogen and oxygen atoms in total. The maximum Gasteiger partial charge on any atom is 0.240 e. The van der Waals surface area contributed by atoms with E-state index in [4.69, 9.17) is 9.26 Å². The molecule has 0 amide bonds. The van der Waals surface area contributed by atoms with Crippen LogP contribution in [-0.2, 0) is 11.3 Å². The Hall–Kier alpha value is -0.980. The van der Waals surface area contributed by atoms with Crippen LogP contribution < -0.4 is 5.32 Å². The Labute approximate surface area is 119 Å². The molecule has 2 fully saturated rings. The maximum absolute atomic E-state index is 5.77. The summed E-state index contributed by atoms with van der Waals surface area (Å²) in [6, 6.07) is 0. The third kappa shape index (κ3) is 3.56. The van der Waals surface area contributed by atoms with Gasteiger partial charge in [0.15, 0.2) is 0 Å². The molecule has 3 rings (SSSR count). The Kier molecular flexibility index (Phi) is 4.65. The van der Waals surface area contributed by atoms with Crippen molar-refractivity contribution in [2.24, 2.45) is 5.92 Å². The Morgan fingerprint density at radius 1 is 1.40 bits per heavy atom. The van der Waals surface area contributed by atoms with Gasteiger partial charge >= 0.3 is 0 Å². The molecule has 20 heavy (non-hydrogen) atoms. The van der Waals surface area contributed by atoms with Gasteiger partial charge in [0.05, 0.1) is 6.54 Å². The van der Waals surface area contributed by atoms with Crippen molar-refractivity contribution in [1.82, 2.24) is 20.4 Å². The normalized spacial score (nSPS) is 22.6. The van der Waals surface area contributed by atoms with E-state index in [1.807, 2.05) is 6.92 Å². The van der Waals surface area contributed by atoms with E-state index >= 15 is 0 Å². The summed E-state index contributed by atoms with van der Waals surface area (Å²) < 4.78 is 11.2. The summed E-state index contributed by atoms with van der Waals surface area (Å²) in [6.07, 6.45) is 3.63. The molecule has 0 bridgehead atoms. The van der Waals surface area contributed by atoms with Crippen molar-refractivity contribution < 1.29 is 9.26 Å². The third-order valence-corrected chi connectivity index (χ3v) is 3.93. The van der Waals surface area contributed by atoms with Gasteiger partial charge in [0.1, 0.15) is 6.10 Å². The number of ether oxygens (including phenoxy) is 1. The SMILES string of the molecule is CCOC(c1noc(CN2CCCNCC2)n1)C1CC1. The monoisotopic (exact) mass is 280 g/mol. The highest BCUT2D eigenvalue weighted by Crippen LogP contribution is 2.42.